The molecule has 150 valence electrons. The van der Waals surface area contributed by atoms with Crippen LogP contribution < -0.4 is 10.1 Å². The molecule has 6 nitrogen and oxygen atoms in total. The van der Waals surface area contributed by atoms with Crippen molar-refractivity contribution in [2.24, 2.45) is 0 Å². The summed E-state index contributed by atoms with van der Waals surface area (Å²) in [6, 6.07) is 20.1. The maximum atomic E-state index is 12.5. The van der Waals surface area contributed by atoms with Crippen LogP contribution in [0.5, 0.6) is 11.5 Å². The highest BCUT2D eigenvalue weighted by Crippen LogP contribution is 2.27. The van der Waals surface area contributed by atoms with Crippen molar-refractivity contribution in [1.82, 2.24) is 0 Å². The molecule has 2 N–H and O–H groups in total. The number of sulfone groups is 1. The van der Waals surface area contributed by atoms with Gasteiger partial charge in [0.1, 0.15) is 18.1 Å². The predicted molar refractivity (Wildman–Crippen MR) is 111 cm³/mol. The van der Waals surface area contributed by atoms with Gasteiger partial charge in [-0.15, -0.1) is 0 Å². The van der Waals surface area contributed by atoms with E-state index in [1.54, 1.807) is 24.3 Å². The van der Waals surface area contributed by atoms with Crippen molar-refractivity contribution in [3.63, 3.8) is 0 Å². The van der Waals surface area contributed by atoms with E-state index in [1.165, 1.54) is 25.1 Å². The van der Waals surface area contributed by atoms with E-state index in [1.807, 2.05) is 30.3 Å². The zero-order valence-corrected chi connectivity index (χ0v) is 16.6. The van der Waals surface area contributed by atoms with Crippen LogP contribution in [-0.2, 0) is 16.4 Å². The van der Waals surface area contributed by atoms with E-state index in [9.17, 15) is 18.3 Å². The van der Waals surface area contributed by atoms with Crippen molar-refractivity contribution in [3.05, 3.63) is 83.9 Å². The van der Waals surface area contributed by atoms with Crippen LogP contribution in [0.1, 0.15) is 22.8 Å². The van der Waals surface area contributed by atoms with Gasteiger partial charge in [0.2, 0.25) is 0 Å². The zero-order chi connectivity index (χ0) is 20.9. The largest absolute Gasteiger partial charge is 0.506 e. The van der Waals surface area contributed by atoms with E-state index in [4.69, 9.17) is 4.74 Å². The summed E-state index contributed by atoms with van der Waals surface area (Å²) in [4.78, 5) is 12.5. The fraction of sp³-hybridized carbons (Fsp3) is 0.136. The number of amides is 1. The highest BCUT2D eigenvalue weighted by molar-refractivity contribution is 7.91. The van der Waals surface area contributed by atoms with Crippen molar-refractivity contribution in [2.45, 2.75) is 18.4 Å². The molecule has 29 heavy (non-hydrogen) atoms. The summed E-state index contributed by atoms with van der Waals surface area (Å²) in [6.07, 6.45) is 0. The number of hydrogen-bond donors (Lipinski definition) is 2. The number of para-hydroxylation sites is 1. The van der Waals surface area contributed by atoms with E-state index >= 15 is 0 Å². The molecule has 3 rings (SSSR count). The molecule has 0 heterocycles. The molecule has 1 amide bonds. The average molecular weight is 411 g/mol. The number of ether oxygens (including phenoxy) is 1. The molecule has 0 aliphatic heterocycles. The molecule has 0 fully saturated rings. The number of anilines is 1. The maximum Gasteiger partial charge on any atom is 0.255 e. The third-order valence-electron chi connectivity index (χ3n) is 4.32. The number of carbonyl (C=O) groups is 1. The Kier molecular flexibility index (Phi) is 6.19. The van der Waals surface area contributed by atoms with Gasteiger partial charge in [-0.25, -0.2) is 8.42 Å². The summed E-state index contributed by atoms with van der Waals surface area (Å²) in [6.45, 7) is 1.90. The molecule has 3 aromatic carbocycles. The van der Waals surface area contributed by atoms with E-state index in [0.717, 1.165) is 11.3 Å². The number of phenols is 1. The van der Waals surface area contributed by atoms with Crippen LogP contribution in [0.2, 0.25) is 0 Å². The summed E-state index contributed by atoms with van der Waals surface area (Å²) in [5.41, 5.74) is 1.31. The van der Waals surface area contributed by atoms with Crippen LogP contribution in [0.3, 0.4) is 0 Å². The molecule has 0 saturated heterocycles. The molecular formula is C22H21NO5S. The Balaban J connectivity index is 1.69. The Morgan fingerprint density at radius 3 is 2.34 bits per heavy atom. The first-order valence-electron chi connectivity index (χ1n) is 9.03. The van der Waals surface area contributed by atoms with Gasteiger partial charge in [-0.3, -0.25) is 4.79 Å². The van der Waals surface area contributed by atoms with Crippen molar-refractivity contribution < 1.29 is 23.1 Å². The lowest BCUT2D eigenvalue weighted by molar-refractivity contribution is 0.102. The van der Waals surface area contributed by atoms with Crippen LogP contribution in [0.15, 0.2) is 77.7 Å². The third-order valence-corrected chi connectivity index (χ3v) is 6.05. The Morgan fingerprint density at radius 2 is 1.69 bits per heavy atom. The fourth-order valence-electron chi connectivity index (χ4n) is 2.61. The van der Waals surface area contributed by atoms with Crippen molar-refractivity contribution >= 4 is 21.4 Å². The molecule has 0 bridgehead atoms. The first kappa shape index (κ1) is 20.4. The van der Waals surface area contributed by atoms with Crippen LogP contribution in [0.4, 0.5) is 5.69 Å². The average Bonchev–Trinajstić information content (AvgIpc) is 2.74. The lowest BCUT2D eigenvalue weighted by atomic mass is 10.1. The first-order chi connectivity index (χ1) is 13.9. The number of nitrogens with one attached hydrogen (secondary N) is 1. The fourth-order valence-corrected chi connectivity index (χ4v) is 3.51. The number of hydrogen-bond acceptors (Lipinski definition) is 5. The second-order valence-corrected chi connectivity index (χ2v) is 8.61. The summed E-state index contributed by atoms with van der Waals surface area (Å²) in [5.74, 6) is 0.0207. The Morgan fingerprint density at radius 1 is 1.00 bits per heavy atom. The number of benzene rings is 3. The molecule has 0 saturated carbocycles. The SMILES string of the molecule is CCS(=O)(=O)c1ccc(O)c(NC(=O)c2ccc(COc3ccccc3)cc2)c1. The van der Waals surface area contributed by atoms with Crippen LogP contribution in [0, 0.1) is 0 Å². The zero-order valence-electron chi connectivity index (χ0n) is 15.8. The van der Waals surface area contributed by atoms with Gasteiger partial charge in [-0.05, 0) is 48.0 Å². The molecule has 0 atom stereocenters. The van der Waals surface area contributed by atoms with Gasteiger partial charge in [0.05, 0.1) is 16.3 Å². The number of aromatic hydroxyl groups is 1. The smallest absolute Gasteiger partial charge is 0.255 e. The predicted octanol–water partition coefficient (Wildman–Crippen LogP) is 4.02. The Labute approximate surface area is 169 Å². The lowest BCUT2D eigenvalue weighted by Gasteiger charge is -2.10. The summed E-state index contributed by atoms with van der Waals surface area (Å²) in [7, 11) is -3.45. The summed E-state index contributed by atoms with van der Waals surface area (Å²) in [5, 5.41) is 12.5. The standard InChI is InChI=1S/C22H21NO5S/c1-2-29(26,27)19-12-13-21(24)20(14-19)23-22(25)17-10-8-16(9-11-17)15-28-18-6-4-3-5-7-18/h3-14,24H,2,15H2,1H3,(H,23,25). The van der Waals surface area contributed by atoms with E-state index in [2.05, 4.69) is 5.32 Å². The Bertz CT molecular complexity index is 1090. The molecule has 0 unspecified atom stereocenters. The van der Waals surface area contributed by atoms with Gasteiger partial charge in [-0.1, -0.05) is 37.3 Å². The van der Waals surface area contributed by atoms with Crippen molar-refractivity contribution in [3.8, 4) is 11.5 Å². The minimum absolute atomic E-state index is 0.0426. The highest BCUT2D eigenvalue weighted by Gasteiger charge is 2.16. The minimum atomic E-state index is -3.45. The normalized spacial score (nSPS) is 11.1. The topological polar surface area (TPSA) is 92.7 Å². The Hall–Kier alpha value is -3.32. The molecule has 7 heteroatoms. The monoisotopic (exact) mass is 411 g/mol. The highest BCUT2D eigenvalue weighted by atomic mass is 32.2. The van der Waals surface area contributed by atoms with Gasteiger partial charge in [0.15, 0.2) is 9.84 Å². The lowest BCUT2D eigenvalue weighted by Crippen LogP contribution is -2.13. The quantitative estimate of drug-likeness (QED) is 0.573. The molecule has 0 spiro atoms. The van der Waals surface area contributed by atoms with Gasteiger partial charge >= 0.3 is 0 Å². The van der Waals surface area contributed by atoms with E-state index in [-0.39, 0.29) is 22.1 Å². The van der Waals surface area contributed by atoms with E-state index < -0.39 is 15.7 Å². The second-order valence-electron chi connectivity index (χ2n) is 6.34. The molecule has 0 aliphatic carbocycles. The van der Waals surface area contributed by atoms with E-state index in [0.29, 0.717) is 12.2 Å². The minimum Gasteiger partial charge on any atom is -0.506 e. The number of rotatable bonds is 7. The van der Waals surface area contributed by atoms with Crippen molar-refractivity contribution in [2.75, 3.05) is 11.1 Å². The molecule has 3 aromatic rings. The van der Waals surface area contributed by atoms with Gasteiger partial charge < -0.3 is 15.2 Å². The van der Waals surface area contributed by atoms with Gasteiger partial charge in [-0.2, -0.15) is 0 Å². The molecule has 0 radical (unpaired) electrons. The van der Waals surface area contributed by atoms with Crippen LogP contribution in [0.25, 0.3) is 0 Å². The third kappa shape index (κ3) is 5.14. The van der Waals surface area contributed by atoms with Gasteiger partial charge in [0, 0.05) is 5.56 Å². The van der Waals surface area contributed by atoms with Crippen LogP contribution in [-0.4, -0.2) is 25.2 Å². The van der Waals surface area contributed by atoms with Crippen LogP contribution >= 0.6 is 0 Å². The second kappa shape index (κ2) is 8.79. The first-order valence-corrected chi connectivity index (χ1v) is 10.7. The molecule has 0 aromatic heterocycles. The maximum absolute atomic E-state index is 12.5. The summed E-state index contributed by atoms with van der Waals surface area (Å²) >= 11 is 0. The number of carbonyl (C=O) groups excluding carboxylic acids is 1. The number of phenolic OH excluding ortho intramolecular Hbond substituents is 1. The molecule has 0 aliphatic rings. The van der Waals surface area contributed by atoms with Gasteiger partial charge in [0.25, 0.3) is 5.91 Å². The van der Waals surface area contributed by atoms with Crippen molar-refractivity contribution in [1.29, 1.82) is 0 Å². The summed E-state index contributed by atoms with van der Waals surface area (Å²) < 4.78 is 29.7. The molecular weight excluding hydrogens is 390 g/mol.